The second-order valence-corrected chi connectivity index (χ2v) is 7.71. The minimum absolute atomic E-state index is 0.181. The highest BCUT2D eigenvalue weighted by molar-refractivity contribution is 5.95. The monoisotopic (exact) mass is 425 g/mol. The minimum atomic E-state index is -0.294. The van der Waals surface area contributed by atoms with Crippen LogP contribution in [0.4, 0.5) is 0 Å². The number of hydrogen-bond acceptors (Lipinski definition) is 7. The molecule has 4 rings (SSSR count). The van der Waals surface area contributed by atoms with E-state index in [-0.39, 0.29) is 17.7 Å². The van der Waals surface area contributed by atoms with E-state index >= 15 is 0 Å². The van der Waals surface area contributed by atoms with Crippen LogP contribution >= 0.6 is 0 Å². The Hall–Kier alpha value is -3.33. The number of ether oxygens (including phenoxy) is 1. The first kappa shape index (κ1) is 20.9. The fourth-order valence-corrected chi connectivity index (χ4v) is 3.93. The molecule has 1 atom stereocenters. The van der Waals surface area contributed by atoms with E-state index in [0.29, 0.717) is 30.2 Å². The molecule has 0 saturated carbocycles. The Labute approximate surface area is 180 Å². The Morgan fingerprint density at radius 3 is 2.87 bits per heavy atom. The summed E-state index contributed by atoms with van der Waals surface area (Å²) in [5, 5.41) is 22.1. The molecule has 0 spiro atoms. The summed E-state index contributed by atoms with van der Waals surface area (Å²) in [5.74, 6) is 2.67. The van der Waals surface area contributed by atoms with Gasteiger partial charge in [-0.25, -0.2) is 0 Å². The molecule has 0 fully saturated rings. The van der Waals surface area contributed by atoms with Crippen LogP contribution in [0.25, 0.3) is 0 Å². The van der Waals surface area contributed by atoms with Gasteiger partial charge in [0.1, 0.15) is 11.6 Å². The number of benzene rings is 1. The van der Waals surface area contributed by atoms with E-state index in [1.165, 1.54) is 6.26 Å². The summed E-state index contributed by atoms with van der Waals surface area (Å²) in [6.45, 7) is 6.55. The van der Waals surface area contributed by atoms with E-state index < -0.39 is 0 Å². The van der Waals surface area contributed by atoms with Crippen LogP contribution in [0.15, 0.2) is 34.9 Å². The molecule has 164 valence electrons. The quantitative estimate of drug-likeness (QED) is 0.625. The number of nitrogens with zero attached hydrogens (tertiary/aromatic N) is 4. The molecule has 0 radical (unpaired) electrons. The third-order valence-electron chi connectivity index (χ3n) is 5.68. The highest BCUT2D eigenvalue weighted by Crippen LogP contribution is 2.30. The van der Waals surface area contributed by atoms with Gasteiger partial charge >= 0.3 is 0 Å². The lowest BCUT2D eigenvalue weighted by atomic mass is 10.1. The fraction of sp³-hybridized carbons (Fsp3) is 0.409. The van der Waals surface area contributed by atoms with Gasteiger partial charge in [0.25, 0.3) is 5.91 Å². The number of phenols is 1. The number of nitrogens with one attached hydrogen (secondary N) is 1. The molecule has 0 saturated heterocycles. The molecule has 1 amide bonds. The second-order valence-electron chi connectivity index (χ2n) is 7.71. The molecule has 0 aliphatic carbocycles. The summed E-state index contributed by atoms with van der Waals surface area (Å²) in [6, 6.07) is 6.90. The molecule has 2 N–H and O–H groups in total. The number of para-hydroxylation sites is 1. The van der Waals surface area contributed by atoms with E-state index in [0.717, 1.165) is 36.7 Å². The summed E-state index contributed by atoms with van der Waals surface area (Å²) >= 11 is 0. The molecule has 3 heterocycles. The van der Waals surface area contributed by atoms with Gasteiger partial charge in [0.2, 0.25) is 0 Å². The van der Waals surface area contributed by atoms with Crippen LogP contribution in [0.3, 0.4) is 0 Å². The van der Waals surface area contributed by atoms with Crippen LogP contribution < -0.4 is 10.1 Å². The molecule has 2 aromatic heterocycles. The van der Waals surface area contributed by atoms with E-state index in [1.807, 2.05) is 19.1 Å². The topological polar surface area (TPSA) is 106 Å². The minimum Gasteiger partial charge on any atom is -0.504 e. The molecule has 9 heteroatoms. The number of aromatic nitrogens is 3. The zero-order valence-electron chi connectivity index (χ0n) is 18.0. The number of carbonyl (C=O) groups is 1. The maximum atomic E-state index is 12.5. The molecule has 0 bridgehead atoms. The number of aryl methyl sites for hydroxylation is 1. The Bertz CT molecular complexity index is 1070. The molecule has 9 nitrogen and oxygen atoms in total. The summed E-state index contributed by atoms with van der Waals surface area (Å²) < 4.78 is 12.5. The second kappa shape index (κ2) is 8.81. The van der Waals surface area contributed by atoms with Gasteiger partial charge in [-0.2, -0.15) is 0 Å². The number of methoxy groups -OCH3 is 1. The van der Waals surface area contributed by atoms with Crippen molar-refractivity contribution >= 4 is 5.91 Å². The number of rotatable bonds is 6. The average Bonchev–Trinajstić information content (AvgIpc) is 3.32. The number of hydrogen-bond donors (Lipinski definition) is 2. The van der Waals surface area contributed by atoms with Crippen molar-refractivity contribution in [2.45, 2.75) is 39.4 Å². The summed E-state index contributed by atoms with van der Waals surface area (Å²) in [6.07, 6.45) is 2.24. The van der Waals surface area contributed by atoms with Crippen molar-refractivity contribution in [2.24, 2.45) is 0 Å². The first-order valence-electron chi connectivity index (χ1n) is 10.3. The van der Waals surface area contributed by atoms with E-state index in [1.54, 1.807) is 26.2 Å². The Morgan fingerprint density at radius 2 is 2.13 bits per heavy atom. The zero-order chi connectivity index (χ0) is 22.0. The van der Waals surface area contributed by atoms with Crippen LogP contribution in [0.1, 0.15) is 46.3 Å². The largest absolute Gasteiger partial charge is 0.504 e. The third-order valence-corrected chi connectivity index (χ3v) is 5.68. The molecule has 1 aliphatic rings. The molecule has 3 aromatic rings. The van der Waals surface area contributed by atoms with E-state index in [9.17, 15) is 9.90 Å². The molecule has 31 heavy (non-hydrogen) atoms. The third kappa shape index (κ3) is 4.27. The zero-order valence-corrected chi connectivity index (χ0v) is 18.0. The molecule has 0 unspecified atom stereocenters. The van der Waals surface area contributed by atoms with Gasteiger partial charge in [-0.15, -0.1) is 10.2 Å². The van der Waals surface area contributed by atoms with Crippen LogP contribution in [-0.2, 0) is 19.5 Å². The SMILES string of the molecule is COc1cccc(CN2CCc3nnc([C@@H](C)NC(=O)c4ccoc4C)n3CC2)c1O. The van der Waals surface area contributed by atoms with Crippen molar-refractivity contribution in [3.8, 4) is 11.5 Å². The number of amides is 1. The van der Waals surface area contributed by atoms with Crippen molar-refractivity contribution in [1.29, 1.82) is 0 Å². The smallest absolute Gasteiger partial charge is 0.255 e. The number of furan rings is 1. The van der Waals surface area contributed by atoms with Crippen LogP contribution in [0.5, 0.6) is 11.5 Å². The number of aromatic hydroxyl groups is 1. The molecular formula is C22H27N5O4. The maximum absolute atomic E-state index is 12.5. The summed E-state index contributed by atoms with van der Waals surface area (Å²) in [4.78, 5) is 14.8. The van der Waals surface area contributed by atoms with Crippen molar-refractivity contribution in [3.63, 3.8) is 0 Å². The predicted molar refractivity (Wildman–Crippen MR) is 113 cm³/mol. The van der Waals surface area contributed by atoms with Gasteiger partial charge in [0.15, 0.2) is 17.3 Å². The van der Waals surface area contributed by atoms with Gasteiger partial charge in [0.05, 0.1) is 25.0 Å². The van der Waals surface area contributed by atoms with Crippen molar-refractivity contribution in [1.82, 2.24) is 25.0 Å². The average molecular weight is 425 g/mol. The Kier molecular flexibility index (Phi) is 5.94. The normalized spacial score (nSPS) is 15.2. The highest BCUT2D eigenvalue weighted by Gasteiger charge is 2.24. The standard InChI is InChI=1S/C22H27N5O4/c1-14(23-22(29)17-8-12-31-15(17)2)21-25-24-19-7-9-26(10-11-27(19)21)13-16-5-4-6-18(30-3)20(16)28/h4-6,8,12,14,28H,7,9-11,13H2,1-3H3,(H,23,29)/t14-/m1/s1. The summed E-state index contributed by atoms with van der Waals surface area (Å²) in [7, 11) is 1.55. The van der Waals surface area contributed by atoms with Gasteiger partial charge in [-0.3, -0.25) is 9.69 Å². The van der Waals surface area contributed by atoms with Gasteiger partial charge in [-0.1, -0.05) is 12.1 Å². The van der Waals surface area contributed by atoms with Crippen LogP contribution in [0.2, 0.25) is 0 Å². The first-order chi connectivity index (χ1) is 15.0. The fourth-order valence-electron chi connectivity index (χ4n) is 3.93. The summed E-state index contributed by atoms with van der Waals surface area (Å²) in [5.41, 5.74) is 1.35. The number of fused-ring (bicyclic) bond motifs is 1. The lowest BCUT2D eigenvalue weighted by Crippen LogP contribution is -2.30. The van der Waals surface area contributed by atoms with Gasteiger partial charge in [0, 0.05) is 38.2 Å². The van der Waals surface area contributed by atoms with Crippen molar-refractivity contribution in [2.75, 3.05) is 20.2 Å². The maximum Gasteiger partial charge on any atom is 0.255 e. The van der Waals surface area contributed by atoms with Crippen molar-refractivity contribution in [3.05, 3.63) is 59.1 Å². The Balaban J connectivity index is 1.44. The highest BCUT2D eigenvalue weighted by atomic mass is 16.5. The molecular weight excluding hydrogens is 398 g/mol. The van der Waals surface area contributed by atoms with Crippen LogP contribution in [-0.4, -0.2) is 50.9 Å². The van der Waals surface area contributed by atoms with Crippen molar-refractivity contribution < 1.29 is 19.1 Å². The Morgan fingerprint density at radius 1 is 1.29 bits per heavy atom. The number of carbonyl (C=O) groups excluding carboxylic acids is 1. The van der Waals surface area contributed by atoms with Gasteiger partial charge < -0.3 is 24.1 Å². The lowest BCUT2D eigenvalue weighted by molar-refractivity contribution is 0.0936. The van der Waals surface area contributed by atoms with E-state index in [4.69, 9.17) is 9.15 Å². The lowest BCUT2D eigenvalue weighted by Gasteiger charge is -2.21. The number of phenolic OH excluding ortho intramolecular Hbond substituents is 1. The predicted octanol–water partition coefficient (Wildman–Crippen LogP) is 2.44. The molecule has 1 aromatic carbocycles. The van der Waals surface area contributed by atoms with Crippen LogP contribution in [0, 0.1) is 6.92 Å². The van der Waals surface area contributed by atoms with Gasteiger partial charge in [-0.05, 0) is 26.0 Å². The first-order valence-corrected chi connectivity index (χ1v) is 10.3. The molecule has 1 aliphatic heterocycles. The van der Waals surface area contributed by atoms with E-state index in [2.05, 4.69) is 25.0 Å².